The van der Waals surface area contributed by atoms with Gasteiger partial charge in [-0.15, -0.1) is 10.1 Å². The van der Waals surface area contributed by atoms with Crippen molar-refractivity contribution in [3.8, 4) is 0 Å². The van der Waals surface area contributed by atoms with Crippen molar-refractivity contribution in [1.82, 2.24) is 0 Å². The molecule has 4 N–H and O–H groups in total. The smallest absolute Gasteiger partial charge is 0.328 e. The summed E-state index contributed by atoms with van der Waals surface area (Å²) in [5, 5.41) is 0.457. The molecule has 2 aliphatic carbocycles. The lowest BCUT2D eigenvalue weighted by atomic mass is 10.00. The molecule has 2 saturated carbocycles. The zero-order chi connectivity index (χ0) is 15.5. The van der Waals surface area contributed by atoms with E-state index in [0.29, 0.717) is 0 Å². The molecule has 0 aromatic carbocycles. The van der Waals surface area contributed by atoms with Crippen LogP contribution in [0.5, 0.6) is 0 Å². The third kappa shape index (κ3) is 5.66. The summed E-state index contributed by atoms with van der Waals surface area (Å²) in [4.78, 5) is 39.8. The van der Waals surface area contributed by atoms with E-state index in [-0.39, 0.29) is 10.5 Å². The van der Waals surface area contributed by atoms with Crippen molar-refractivity contribution < 1.29 is 23.9 Å². The molecule has 5 nitrogen and oxygen atoms in total. The van der Waals surface area contributed by atoms with Crippen LogP contribution in [-0.4, -0.2) is 30.1 Å². The highest BCUT2D eigenvalue weighted by atomic mass is 32.5. The van der Waals surface area contributed by atoms with Crippen LogP contribution in [0.1, 0.15) is 64.2 Å². The molecule has 9 heteroatoms. The molecule has 0 unspecified atom stereocenters. The Hall–Kier alpha value is 1.23. The summed E-state index contributed by atoms with van der Waals surface area (Å²) in [7, 11) is -0.713. The van der Waals surface area contributed by atoms with Crippen LogP contribution in [0.3, 0.4) is 0 Å². The van der Waals surface area contributed by atoms with Crippen molar-refractivity contribution in [2.75, 3.05) is 0 Å². The maximum atomic E-state index is 10.5. The lowest BCUT2D eigenvalue weighted by Crippen LogP contribution is -2.30. The molecule has 0 radical (unpaired) electrons. The zero-order valence-electron chi connectivity index (χ0n) is 12.1. The highest BCUT2D eigenvalue weighted by molar-refractivity contribution is 8.30. The fraction of sp³-hybridized carbons (Fsp3) is 1.00. The zero-order valence-corrected chi connectivity index (χ0v) is 15.6. The fourth-order valence-corrected chi connectivity index (χ4v) is 14.2. The average Bonchev–Trinajstić information content (AvgIpc) is 2.38. The van der Waals surface area contributed by atoms with E-state index in [1.807, 2.05) is 0 Å². The summed E-state index contributed by atoms with van der Waals surface area (Å²) in [6.07, 6.45) is 10.7. The predicted octanol–water partition coefficient (Wildman–Crippen LogP) is 3.16. The molecule has 21 heavy (non-hydrogen) atoms. The third-order valence-corrected chi connectivity index (χ3v) is 13.5. The van der Waals surface area contributed by atoms with Crippen molar-refractivity contribution in [1.29, 1.82) is 0 Å². The molecule has 0 aliphatic heterocycles. The maximum Gasteiger partial charge on any atom is 0.328 e. The summed E-state index contributed by atoms with van der Waals surface area (Å²) in [5.41, 5.74) is 0. The van der Waals surface area contributed by atoms with Crippen LogP contribution in [-0.2, 0) is 26.2 Å². The molecule has 0 saturated heterocycles. The predicted molar refractivity (Wildman–Crippen MR) is 92.3 cm³/mol. The molecule has 126 valence electrons. The fourth-order valence-electron chi connectivity index (χ4n) is 3.45. The van der Waals surface area contributed by atoms with Crippen LogP contribution in [0.4, 0.5) is 0 Å². The van der Waals surface area contributed by atoms with Crippen LogP contribution >= 0.6 is 13.4 Å². The van der Waals surface area contributed by atoms with E-state index in [4.69, 9.17) is 4.31 Å². The summed E-state index contributed by atoms with van der Waals surface area (Å²) in [6.45, 7) is -7.89. The van der Waals surface area contributed by atoms with E-state index in [9.17, 15) is 19.6 Å². The second-order valence-electron chi connectivity index (χ2n) is 5.93. The van der Waals surface area contributed by atoms with Gasteiger partial charge in [0.1, 0.15) is 0 Å². The summed E-state index contributed by atoms with van der Waals surface area (Å²) in [6, 6.07) is 0. The first-order chi connectivity index (χ1) is 9.80. The Kier molecular flexibility index (Phi) is 6.96. The van der Waals surface area contributed by atoms with Crippen LogP contribution in [0.2, 0.25) is 0 Å². The quantitative estimate of drug-likeness (QED) is 0.564. The Bertz CT molecular complexity index is 427. The molecular formula is C12H26O5P2S2. The summed E-state index contributed by atoms with van der Waals surface area (Å²) >= 11 is 4.47. The van der Waals surface area contributed by atoms with Crippen molar-refractivity contribution in [2.24, 2.45) is 0 Å². The molecule has 0 atom stereocenters. The van der Waals surface area contributed by atoms with Gasteiger partial charge in [-0.05, 0) is 37.5 Å². The Morgan fingerprint density at radius 3 is 1.48 bits per heavy atom. The minimum atomic E-state index is -4.05. The summed E-state index contributed by atoms with van der Waals surface area (Å²) < 4.78 is 4.87. The van der Waals surface area contributed by atoms with Gasteiger partial charge in [0.25, 0.3) is 6.72 Å². The second-order valence-corrected chi connectivity index (χ2v) is 14.7. The van der Waals surface area contributed by atoms with E-state index in [0.717, 1.165) is 51.4 Å². The number of hydrogen-bond acceptors (Lipinski definition) is 2. The van der Waals surface area contributed by atoms with Crippen LogP contribution in [0.15, 0.2) is 0 Å². The Balaban J connectivity index is 2.34. The van der Waals surface area contributed by atoms with Gasteiger partial charge in [-0.25, -0.2) is 4.31 Å². The molecule has 2 fully saturated rings. The van der Waals surface area contributed by atoms with E-state index in [1.54, 1.807) is 0 Å². The molecule has 2 aliphatic rings. The second kappa shape index (κ2) is 7.87. The van der Waals surface area contributed by atoms with Crippen molar-refractivity contribution in [3.05, 3.63) is 0 Å². The van der Waals surface area contributed by atoms with Gasteiger partial charge in [0.05, 0.1) is 0 Å². The van der Waals surface area contributed by atoms with Crippen molar-refractivity contribution in [2.45, 2.75) is 74.7 Å². The monoisotopic (exact) mass is 376 g/mol. The Labute approximate surface area is 134 Å². The van der Waals surface area contributed by atoms with Gasteiger partial charge in [0.15, 0.2) is 0 Å². The first-order valence-corrected chi connectivity index (χ1v) is 13.8. The third-order valence-electron chi connectivity index (χ3n) is 4.27. The average molecular weight is 376 g/mol. The molecule has 0 aromatic heterocycles. The SMILES string of the molecule is OP(O)(=S)OP(O)(O)=S(C1CCCCC1)C1CCCCC1. The first-order valence-electron chi connectivity index (χ1n) is 7.63. The van der Waals surface area contributed by atoms with Crippen molar-refractivity contribution in [3.63, 3.8) is 0 Å². The van der Waals surface area contributed by atoms with Crippen LogP contribution in [0.25, 0.3) is 0 Å². The molecule has 0 heterocycles. The largest absolute Gasteiger partial charge is 0.328 e. The maximum absolute atomic E-state index is 10.5. The lowest BCUT2D eigenvalue weighted by Gasteiger charge is -2.36. The number of rotatable bonds is 4. The minimum Gasteiger partial charge on any atom is -0.328 e. The summed E-state index contributed by atoms with van der Waals surface area (Å²) in [5.74, 6) is 0. The van der Waals surface area contributed by atoms with Gasteiger partial charge >= 0.3 is 6.72 Å². The molecule has 2 rings (SSSR count). The van der Waals surface area contributed by atoms with Gasteiger partial charge in [0.2, 0.25) is 0 Å². The molecule has 0 aromatic rings. The molecular weight excluding hydrogens is 350 g/mol. The van der Waals surface area contributed by atoms with Crippen LogP contribution < -0.4 is 0 Å². The van der Waals surface area contributed by atoms with Gasteiger partial charge < -0.3 is 19.6 Å². The van der Waals surface area contributed by atoms with Gasteiger partial charge in [-0.3, -0.25) is 0 Å². The first kappa shape index (κ1) is 18.6. The van der Waals surface area contributed by atoms with E-state index < -0.39 is 23.5 Å². The van der Waals surface area contributed by atoms with Crippen molar-refractivity contribution >= 4 is 35.3 Å². The molecule has 0 bridgehead atoms. The molecule has 0 spiro atoms. The highest BCUT2D eigenvalue weighted by Gasteiger charge is 2.35. The van der Waals surface area contributed by atoms with Crippen LogP contribution in [0, 0.1) is 0 Å². The Morgan fingerprint density at radius 1 is 0.762 bits per heavy atom. The number of hydrogen-bond donors (Lipinski definition) is 4. The lowest BCUT2D eigenvalue weighted by molar-refractivity contribution is 0.317. The topological polar surface area (TPSA) is 90.2 Å². The van der Waals surface area contributed by atoms with E-state index >= 15 is 0 Å². The van der Waals surface area contributed by atoms with E-state index in [2.05, 4.69) is 11.8 Å². The van der Waals surface area contributed by atoms with Gasteiger partial charge in [-0.2, -0.15) is 0 Å². The Morgan fingerprint density at radius 2 is 1.14 bits per heavy atom. The normalized spacial score (nSPS) is 23.7. The van der Waals surface area contributed by atoms with E-state index in [1.165, 1.54) is 12.8 Å². The van der Waals surface area contributed by atoms with Gasteiger partial charge in [-0.1, -0.05) is 38.5 Å². The highest BCUT2D eigenvalue weighted by Crippen LogP contribution is 2.60. The van der Waals surface area contributed by atoms with Gasteiger partial charge in [0, 0.05) is 10.5 Å². The standard InChI is InChI=1S/C12H26O5P2S2/c13-18(14,20)17-19(15,16)21(11-7-3-1-4-8-11)12-9-5-2-6-10-12/h11-12,15-16H,1-10H2,(H2,13,14,20). The molecule has 0 amide bonds. The minimum absolute atomic E-state index is 0.228.